The van der Waals surface area contributed by atoms with Gasteiger partial charge in [0.15, 0.2) is 0 Å². The Bertz CT molecular complexity index is 507. The van der Waals surface area contributed by atoms with Crippen molar-refractivity contribution in [1.82, 2.24) is 5.32 Å². The van der Waals surface area contributed by atoms with Gasteiger partial charge in [0.1, 0.15) is 12.6 Å². The summed E-state index contributed by atoms with van der Waals surface area (Å²) < 4.78 is 5.24. The van der Waals surface area contributed by atoms with Crippen LogP contribution in [0.25, 0.3) is 0 Å². The van der Waals surface area contributed by atoms with Crippen LogP contribution in [0.3, 0.4) is 0 Å². The lowest BCUT2D eigenvalue weighted by atomic mass is 10.2. The quantitative estimate of drug-likeness (QED) is 0.590. The molecule has 0 fully saturated rings. The number of hydrogen-bond donors (Lipinski definition) is 2. The van der Waals surface area contributed by atoms with Gasteiger partial charge in [-0.2, -0.15) is 0 Å². The molecular formula is C12H15ClN2O5. The highest BCUT2D eigenvalue weighted by atomic mass is 35.5. The fraction of sp³-hybridized carbons (Fsp3) is 0.417. The van der Waals surface area contributed by atoms with E-state index in [9.17, 15) is 14.9 Å². The molecule has 0 aliphatic rings. The van der Waals surface area contributed by atoms with Crippen LogP contribution in [0.2, 0.25) is 5.02 Å². The first-order valence-corrected chi connectivity index (χ1v) is 6.25. The molecule has 1 rings (SSSR count). The van der Waals surface area contributed by atoms with E-state index in [4.69, 9.17) is 21.4 Å². The summed E-state index contributed by atoms with van der Waals surface area (Å²) in [5, 5.41) is 22.7. The number of carbonyl (C=O) groups is 1. The molecule has 1 aromatic carbocycles. The molecule has 8 heteroatoms. The molecule has 0 aromatic heterocycles. The zero-order chi connectivity index (χ0) is 15.3. The number of nitro benzene ring substituents is 1. The Labute approximate surface area is 120 Å². The van der Waals surface area contributed by atoms with Crippen LogP contribution < -0.4 is 10.1 Å². The normalized spacial score (nSPS) is 12.2. The fourth-order valence-corrected chi connectivity index (χ4v) is 1.77. The van der Waals surface area contributed by atoms with Crippen molar-refractivity contribution in [3.63, 3.8) is 0 Å². The van der Waals surface area contributed by atoms with Crippen molar-refractivity contribution in [3.8, 4) is 5.75 Å². The molecule has 0 amide bonds. The molecule has 7 nitrogen and oxygen atoms in total. The number of benzene rings is 1. The number of para-hydroxylation sites is 1. The number of carboxylic acid groups (broad SMARTS) is 1. The van der Waals surface area contributed by atoms with Crippen molar-refractivity contribution in [1.29, 1.82) is 0 Å². The van der Waals surface area contributed by atoms with Crippen molar-refractivity contribution >= 4 is 23.3 Å². The summed E-state index contributed by atoms with van der Waals surface area (Å²) in [6, 6.07) is 3.06. The molecule has 0 bridgehead atoms. The first kappa shape index (κ1) is 16.2. The molecule has 110 valence electrons. The summed E-state index contributed by atoms with van der Waals surface area (Å²) in [5.74, 6) is -1.23. The topological polar surface area (TPSA) is 102 Å². The standard InChI is InChI=1S/C12H15ClN2O5/c1-7(2)14-9(12(16)17)6-20-11-8(13)4-3-5-10(11)15(18)19/h3-5,7,9,14H,6H2,1-2H3,(H,16,17). The maximum Gasteiger partial charge on any atom is 0.324 e. The van der Waals surface area contributed by atoms with Crippen LogP contribution in [0.5, 0.6) is 5.75 Å². The number of ether oxygens (including phenoxy) is 1. The summed E-state index contributed by atoms with van der Waals surface area (Å²) in [4.78, 5) is 21.3. The van der Waals surface area contributed by atoms with Gasteiger partial charge in [0.25, 0.3) is 0 Å². The van der Waals surface area contributed by atoms with Crippen LogP contribution >= 0.6 is 11.6 Å². The van der Waals surface area contributed by atoms with Crippen molar-refractivity contribution in [2.24, 2.45) is 0 Å². The Balaban J connectivity index is 2.87. The van der Waals surface area contributed by atoms with Gasteiger partial charge in [-0.15, -0.1) is 0 Å². The minimum absolute atomic E-state index is 0.0629. The van der Waals surface area contributed by atoms with Crippen molar-refractivity contribution in [2.45, 2.75) is 25.9 Å². The van der Waals surface area contributed by atoms with Gasteiger partial charge in [-0.05, 0) is 6.07 Å². The van der Waals surface area contributed by atoms with Gasteiger partial charge in [-0.25, -0.2) is 0 Å². The fourth-order valence-electron chi connectivity index (χ4n) is 1.54. The third kappa shape index (κ3) is 4.36. The highest BCUT2D eigenvalue weighted by Gasteiger charge is 2.23. The van der Waals surface area contributed by atoms with Gasteiger partial charge in [0, 0.05) is 12.1 Å². The second-order valence-electron chi connectivity index (χ2n) is 4.37. The SMILES string of the molecule is CC(C)NC(COc1c(Cl)cccc1[N+](=O)[O-])C(=O)O. The lowest BCUT2D eigenvalue weighted by molar-refractivity contribution is -0.385. The van der Waals surface area contributed by atoms with Gasteiger partial charge in [0.05, 0.1) is 9.95 Å². The number of aliphatic carboxylic acids is 1. The van der Waals surface area contributed by atoms with Gasteiger partial charge < -0.3 is 9.84 Å². The summed E-state index contributed by atoms with van der Waals surface area (Å²) in [6.45, 7) is 3.31. The van der Waals surface area contributed by atoms with Crippen molar-refractivity contribution < 1.29 is 19.6 Å². The van der Waals surface area contributed by atoms with E-state index in [-0.39, 0.29) is 29.1 Å². The molecule has 0 saturated carbocycles. The second kappa shape index (κ2) is 7.06. The second-order valence-corrected chi connectivity index (χ2v) is 4.78. The molecule has 1 atom stereocenters. The Morgan fingerprint density at radius 3 is 2.70 bits per heavy atom. The van der Waals surface area contributed by atoms with Gasteiger partial charge in [-0.1, -0.05) is 31.5 Å². The Morgan fingerprint density at radius 2 is 2.20 bits per heavy atom. The monoisotopic (exact) mass is 302 g/mol. The number of halogens is 1. The predicted molar refractivity (Wildman–Crippen MR) is 73.3 cm³/mol. The summed E-state index contributed by atoms with van der Waals surface area (Å²) in [7, 11) is 0. The van der Waals surface area contributed by atoms with E-state index in [1.54, 1.807) is 13.8 Å². The van der Waals surface area contributed by atoms with E-state index in [1.165, 1.54) is 18.2 Å². The first-order chi connectivity index (χ1) is 9.32. The molecule has 0 aliphatic carbocycles. The van der Waals surface area contributed by atoms with Crippen LogP contribution in [-0.2, 0) is 4.79 Å². The molecular weight excluding hydrogens is 288 g/mol. The maximum absolute atomic E-state index is 11.1. The molecule has 0 aliphatic heterocycles. The Kier molecular flexibility index (Phi) is 5.72. The summed E-state index contributed by atoms with van der Waals surface area (Å²) in [6.07, 6.45) is 0. The van der Waals surface area contributed by atoms with Crippen molar-refractivity contribution in [3.05, 3.63) is 33.3 Å². The van der Waals surface area contributed by atoms with Gasteiger partial charge in [0.2, 0.25) is 5.75 Å². The molecule has 20 heavy (non-hydrogen) atoms. The van der Waals surface area contributed by atoms with Crippen LogP contribution in [0.1, 0.15) is 13.8 Å². The minimum Gasteiger partial charge on any atom is -0.483 e. The molecule has 1 unspecified atom stereocenters. The van der Waals surface area contributed by atoms with Crippen LogP contribution in [-0.4, -0.2) is 34.7 Å². The summed E-state index contributed by atoms with van der Waals surface area (Å²) in [5.41, 5.74) is -0.300. The molecule has 0 radical (unpaired) electrons. The van der Waals surface area contributed by atoms with Gasteiger partial charge in [-0.3, -0.25) is 20.2 Å². The van der Waals surface area contributed by atoms with E-state index in [2.05, 4.69) is 5.32 Å². The third-order valence-corrected chi connectivity index (χ3v) is 2.67. The zero-order valence-electron chi connectivity index (χ0n) is 11.0. The van der Waals surface area contributed by atoms with Crippen LogP contribution in [0.4, 0.5) is 5.69 Å². The van der Waals surface area contributed by atoms with Crippen LogP contribution in [0.15, 0.2) is 18.2 Å². The molecule has 0 spiro atoms. The van der Waals surface area contributed by atoms with E-state index >= 15 is 0 Å². The molecule has 2 N–H and O–H groups in total. The highest BCUT2D eigenvalue weighted by molar-refractivity contribution is 6.32. The Hall–Kier alpha value is -1.86. The van der Waals surface area contributed by atoms with E-state index < -0.39 is 16.9 Å². The smallest absolute Gasteiger partial charge is 0.324 e. The Morgan fingerprint density at radius 1 is 1.55 bits per heavy atom. The lowest BCUT2D eigenvalue weighted by Gasteiger charge is -2.18. The lowest BCUT2D eigenvalue weighted by Crippen LogP contribution is -2.44. The maximum atomic E-state index is 11.1. The summed E-state index contributed by atoms with van der Waals surface area (Å²) >= 11 is 5.84. The molecule has 1 aromatic rings. The third-order valence-electron chi connectivity index (χ3n) is 2.37. The minimum atomic E-state index is -1.10. The predicted octanol–water partition coefficient (Wildman–Crippen LogP) is 2.08. The highest BCUT2D eigenvalue weighted by Crippen LogP contribution is 2.34. The molecule has 0 heterocycles. The number of nitro groups is 1. The van der Waals surface area contributed by atoms with Crippen molar-refractivity contribution in [2.75, 3.05) is 6.61 Å². The number of hydrogen-bond acceptors (Lipinski definition) is 5. The average Bonchev–Trinajstić information content (AvgIpc) is 2.34. The number of carboxylic acids is 1. The number of nitrogens with one attached hydrogen (secondary N) is 1. The number of rotatable bonds is 7. The zero-order valence-corrected chi connectivity index (χ0v) is 11.8. The van der Waals surface area contributed by atoms with E-state index in [1.807, 2.05) is 0 Å². The van der Waals surface area contributed by atoms with Crippen LogP contribution in [0, 0.1) is 10.1 Å². The molecule has 0 saturated heterocycles. The van der Waals surface area contributed by atoms with Gasteiger partial charge >= 0.3 is 11.7 Å². The average molecular weight is 303 g/mol. The first-order valence-electron chi connectivity index (χ1n) is 5.87. The van der Waals surface area contributed by atoms with E-state index in [0.717, 1.165) is 0 Å². The largest absolute Gasteiger partial charge is 0.483 e. The van der Waals surface area contributed by atoms with E-state index in [0.29, 0.717) is 0 Å². The number of nitrogens with zero attached hydrogens (tertiary/aromatic N) is 1.